The van der Waals surface area contributed by atoms with Gasteiger partial charge in [-0.3, -0.25) is 9.79 Å². The number of morpholine rings is 1. The quantitative estimate of drug-likeness (QED) is 0.542. The van der Waals surface area contributed by atoms with Crippen LogP contribution in [0.25, 0.3) is 0 Å². The molecule has 11 heteroatoms. The lowest BCUT2D eigenvalue weighted by Crippen LogP contribution is -2.41. The number of ether oxygens (including phenoxy) is 1. The Balaban J connectivity index is 1.55. The van der Waals surface area contributed by atoms with Crippen molar-refractivity contribution in [3.8, 4) is 0 Å². The summed E-state index contributed by atoms with van der Waals surface area (Å²) in [4.78, 5) is 26.2. The fourth-order valence-electron chi connectivity index (χ4n) is 2.78. The number of allylic oxidation sites excluding steroid dienone is 1. The number of aliphatic imine (C=N–C) groups is 1. The first-order valence-electron chi connectivity index (χ1n) is 9.61. The van der Waals surface area contributed by atoms with E-state index in [0.717, 1.165) is 0 Å². The summed E-state index contributed by atoms with van der Waals surface area (Å²) in [6.45, 7) is 2.05. The molecular weight excluding hydrogens is 408 g/mol. The van der Waals surface area contributed by atoms with Crippen LogP contribution in [-0.4, -0.2) is 59.8 Å². The first-order chi connectivity index (χ1) is 15.1. The minimum Gasteiger partial charge on any atom is -0.403 e. The predicted molar refractivity (Wildman–Crippen MR) is 112 cm³/mol. The van der Waals surface area contributed by atoms with Crippen LogP contribution >= 0.6 is 0 Å². The zero-order valence-electron chi connectivity index (χ0n) is 16.7. The van der Waals surface area contributed by atoms with E-state index < -0.39 is 11.6 Å². The second-order valence-electron chi connectivity index (χ2n) is 6.53. The van der Waals surface area contributed by atoms with Gasteiger partial charge < -0.3 is 26.0 Å². The van der Waals surface area contributed by atoms with Crippen LogP contribution in [0.2, 0.25) is 0 Å². The zero-order chi connectivity index (χ0) is 22.1. The maximum Gasteiger partial charge on any atom is 0.244 e. The van der Waals surface area contributed by atoms with Crippen LogP contribution in [0.1, 0.15) is 5.56 Å². The molecule has 1 saturated heterocycles. The molecule has 0 saturated carbocycles. The number of rotatable bonds is 8. The van der Waals surface area contributed by atoms with Gasteiger partial charge in [0, 0.05) is 43.8 Å². The summed E-state index contributed by atoms with van der Waals surface area (Å²) in [6.07, 6.45) is 4.15. The highest BCUT2D eigenvalue weighted by Crippen LogP contribution is 2.15. The fourth-order valence-corrected chi connectivity index (χ4v) is 2.78. The van der Waals surface area contributed by atoms with Gasteiger partial charge in [-0.15, -0.1) is 0 Å². The van der Waals surface area contributed by atoms with Gasteiger partial charge in [0.25, 0.3) is 0 Å². The Morgan fingerprint density at radius 1 is 1.26 bits per heavy atom. The number of nitrogens with zero attached hydrogens (tertiary/aromatic N) is 4. The van der Waals surface area contributed by atoms with Crippen molar-refractivity contribution in [2.45, 2.75) is 6.54 Å². The second kappa shape index (κ2) is 11.0. The number of anilines is 2. The number of aromatic nitrogens is 2. The minimum absolute atomic E-state index is 0.0182. The summed E-state index contributed by atoms with van der Waals surface area (Å²) in [6, 6.07) is 5.24. The third-order valence-electron chi connectivity index (χ3n) is 4.42. The molecule has 1 aromatic carbocycles. The molecule has 0 bridgehead atoms. The van der Waals surface area contributed by atoms with Gasteiger partial charge in [-0.2, -0.15) is 4.98 Å². The SMILES string of the molecule is N/C=C(\C=NCC(=O)N1CCOCC1)Nc1nccc(NCc2c(F)cccc2F)n1. The molecule has 164 valence electrons. The Morgan fingerprint density at radius 3 is 2.71 bits per heavy atom. The monoisotopic (exact) mass is 431 g/mol. The molecule has 1 amide bonds. The van der Waals surface area contributed by atoms with E-state index in [0.29, 0.717) is 37.8 Å². The van der Waals surface area contributed by atoms with Crippen LogP contribution in [0.5, 0.6) is 0 Å². The maximum atomic E-state index is 13.8. The zero-order valence-corrected chi connectivity index (χ0v) is 16.7. The van der Waals surface area contributed by atoms with Gasteiger partial charge in [-0.05, 0) is 18.2 Å². The number of amides is 1. The number of nitrogens with two attached hydrogens (primary N) is 1. The lowest BCUT2D eigenvalue weighted by atomic mass is 10.2. The van der Waals surface area contributed by atoms with Crippen LogP contribution < -0.4 is 16.4 Å². The topological polar surface area (TPSA) is 118 Å². The Hall–Kier alpha value is -3.60. The molecule has 0 aliphatic carbocycles. The lowest BCUT2D eigenvalue weighted by molar-refractivity contribution is -0.133. The van der Waals surface area contributed by atoms with Gasteiger partial charge in [-0.25, -0.2) is 13.8 Å². The van der Waals surface area contributed by atoms with Crippen molar-refractivity contribution in [3.05, 3.63) is 59.6 Å². The fraction of sp³-hybridized carbons (Fsp3) is 0.300. The maximum absolute atomic E-state index is 13.8. The first kappa shape index (κ1) is 22.1. The standard InChI is InChI=1S/C20H23F2N7O2/c21-16-2-1-3-17(22)15(16)12-26-18-4-5-25-20(28-18)27-14(10-23)11-24-13-19(30)29-6-8-31-9-7-29/h1-5,10-11H,6-9,12-13,23H2,(H2,25,26,27,28)/b14-10+,24-11?. The average molecular weight is 431 g/mol. The second-order valence-corrected chi connectivity index (χ2v) is 6.53. The molecule has 0 atom stereocenters. The summed E-state index contributed by atoms with van der Waals surface area (Å²) in [5.74, 6) is -0.830. The van der Waals surface area contributed by atoms with Crippen LogP contribution in [0.4, 0.5) is 20.5 Å². The number of nitrogens with one attached hydrogen (secondary N) is 2. The Labute approximate surface area is 178 Å². The van der Waals surface area contributed by atoms with Crippen molar-refractivity contribution in [3.63, 3.8) is 0 Å². The van der Waals surface area contributed by atoms with Gasteiger partial charge in [0.2, 0.25) is 11.9 Å². The molecule has 0 unspecified atom stereocenters. The number of hydrogen-bond donors (Lipinski definition) is 3. The number of hydrogen-bond acceptors (Lipinski definition) is 8. The van der Waals surface area contributed by atoms with Gasteiger partial charge in [0.1, 0.15) is 24.0 Å². The van der Waals surface area contributed by atoms with Crippen LogP contribution in [0.3, 0.4) is 0 Å². The third kappa shape index (κ3) is 6.44. The van der Waals surface area contributed by atoms with E-state index in [9.17, 15) is 13.6 Å². The summed E-state index contributed by atoms with van der Waals surface area (Å²) < 4.78 is 32.7. The van der Waals surface area contributed by atoms with Crippen LogP contribution in [0.15, 0.2) is 47.4 Å². The molecule has 1 aromatic heterocycles. The number of benzene rings is 1. The smallest absolute Gasteiger partial charge is 0.244 e. The summed E-state index contributed by atoms with van der Waals surface area (Å²) in [5.41, 5.74) is 5.90. The number of halogens is 2. The normalized spacial score (nSPS) is 14.6. The molecule has 4 N–H and O–H groups in total. The van der Waals surface area contributed by atoms with E-state index in [1.807, 2.05) is 0 Å². The van der Waals surface area contributed by atoms with Crippen molar-refractivity contribution < 1.29 is 18.3 Å². The van der Waals surface area contributed by atoms with E-state index in [-0.39, 0.29) is 30.5 Å². The van der Waals surface area contributed by atoms with E-state index >= 15 is 0 Å². The third-order valence-corrected chi connectivity index (χ3v) is 4.42. The minimum atomic E-state index is -0.643. The van der Waals surface area contributed by atoms with E-state index in [1.165, 1.54) is 36.8 Å². The van der Waals surface area contributed by atoms with Crippen molar-refractivity contribution in [2.75, 3.05) is 43.5 Å². The summed E-state index contributed by atoms with van der Waals surface area (Å²) in [7, 11) is 0. The molecule has 3 rings (SSSR count). The van der Waals surface area contributed by atoms with Crippen molar-refractivity contribution in [1.29, 1.82) is 0 Å². The Morgan fingerprint density at radius 2 is 2.00 bits per heavy atom. The lowest BCUT2D eigenvalue weighted by Gasteiger charge is -2.26. The van der Waals surface area contributed by atoms with E-state index in [1.54, 1.807) is 11.0 Å². The number of carbonyl (C=O) groups is 1. The molecule has 1 aliphatic heterocycles. The molecule has 1 aliphatic rings. The van der Waals surface area contributed by atoms with Gasteiger partial charge in [-0.1, -0.05) is 6.07 Å². The van der Waals surface area contributed by atoms with E-state index in [4.69, 9.17) is 10.5 Å². The molecule has 2 heterocycles. The van der Waals surface area contributed by atoms with Gasteiger partial charge >= 0.3 is 0 Å². The average Bonchev–Trinajstić information content (AvgIpc) is 2.79. The van der Waals surface area contributed by atoms with E-state index in [2.05, 4.69) is 25.6 Å². The molecule has 1 fully saturated rings. The molecule has 9 nitrogen and oxygen atoms in total. The van der Waals surface area contributed by atoms with Crippen LogP contribution in [-0.2, 0) is 16.1 Å². The molecule has 0 radical (unpaired) electrons. The van der Waals surface area contributed by atoms with Crippen molar-refractivity contribution >= 4 is 23.9 Å². The Kier molecular flexibility index (Phi) is 7.82. The van der Waals surface area contributed by atoms with Gasteiger partial charge in [0.05, 0.1) is 18.9 Å². The predicted octanol–water partition coefficient (Wildman–Crippen LogP) is 1.51. The number of carbonyl (C=O) groups excluding carboxylic acids is 1. The summed E-state index contributed by atoms with van der Waals surface area (Å²) in [5, 5.41) is 5.73. The Bertz CT molecular complexity index is 942. The largest absolute Gasteiger partial charge is 0.403 e. The highest BCUT2D eigenvalue weighted by atomic mass is 19.1. The highest BCUT2D eigenvalue weighted by Gasteiger charge is 2.15. The van der Waals surface area contributed by atoms with Gasteiger partial charge in [0.15, 0.2) is 0 Å². The highest BCUT2D eigenvalue weighted by molar-refractivity contribution is 5.85. The summed E-state index contributed by atoms with van der Waals surface area (Å²) >= 11 is 0. The molecule has 31 heavy (non-hydrogen) atoms. The molecule has 2 aromatic rings. The molecular formula is C20H23F2N7O2. The molecule has 0 spiro atoms. The van der Waals surface area contributed by atoms with Crippen LogP contribution in [0, 0.1) is 11.6 Å². The first-order valence-corrected chi connectivity index (χ1v) is 9.61. The van der Waals surface area contributed by atoms with Crippen molar-refractivity contribution in [1.82, 2.24) is 14.9 Å². The van der Waals surface area contributed by atoms with Crippen molar-refractivity contribution in [2.24, 2.45) is 10.7 Å².